The van der Waals surface area contributed by atoms with Gasteiger partial charge in [0.05, 0.1) is 13.0 Å². The van der Waals surface area contributed by atoms with E-state index in [1.165, 1.54) is 5.56 Å². The number of aromatic nitrogens is 3. The summed E-state index contributed by atoms with van der Waals surface area (Å²) in [6, 6.07) is 12.0. The van der Waals surface area contributed by atoms with Gasteiger partial charge in [-0.25, -0.2) is 0 Å². The van der Waals surface area contributed by atoms with Crippen LogP contribution in [0.2, 0.25) is 0 Å². The van der Waals surface area contributed by atoms with Crippen LogP contribution in [0.5, 0.6) is 5.75 Å². The number of ether oxygens (including phenoxy) is 1. The van der Waals surface area contributed by atoms with Gasteiger partial charge >= 0.3 is 0 Å². The van der Waals surface area contributed by atoms with Crippen LogP contribution in [-0.4, -0.2) is 40.2 Å². The predicted molar refractivity (Wildman–Crippen MR) is 93.2 cm³/mol. The van der Waals surface area contributed by atoms with Gasteiger partial charge in [0.2, 0.25) is 11.7 Å². The van der Waals surface area contributed by atoms with Gasteiger partial charge in [0.15, 0.2) is 0 Å². The Morgan fingerprint density at radius 2 is 2.12 bits per heavy atom. The zero-order chi connectivity index (χ0) is 17.1. The fourth-order valence-corrected chi connectivity index (χ4v) is 3.18. The molecule has 0 spiro atoms. The first kappa shape index (κ1) is 15.8. The molecular formula is C19H20N4O2. The molecule has 2 aromatic heterocycles. The van der Waals surface area contributed by atoms with Crippen molar-refractivity contribution >= 4 is 0 Å². The molecule has 0 unspecified atom stereocenters. The van der Waals surface area contributed by atoms with E-state index in [-0.39, 0.29) is 5.92 Å². The normalized spacial score (nSPS) is 17.7. The van der Waals surface area contributed by atoms with Crippen molar-refractivity contribution in [1.82, 2.24) is 20.0 Å². The molecule has 1 aliphatic heterocycles. The van der Waals surface area contributed by atoms with Crippen molar-refractivity contribution in [3.05, 3.63) is 60.2 Å². The Hall–Kier alpha value is -2.73. The molecule has 0 aliphatic carbocycles. The van der Waals surface area contributed by atoms with Crippen LogP contribution in [0.1, 0.15) is 23.8 Å². The number of likely N-dealkylation sites (tertiary alicyclic amines) is 1. The van der Waals surface area contributed by atoms with Gasteiger partial charge in [-0.2, -0.15) is 4.98 Å². The van der Waals surface area contributed by atoms with Crippen molar-refractivity contribution in [3.63, 3.8) is 0 Å². The number of rotatable bonds is 5. The molecule has 3 aromatic rings. The van der Waals surface area contributed by atoms with E-state index in [1.54, 1.807) is 19.5 Å². The quantitative estimate of drug-likeness (QED) is 0.713. The van der Waals surface area contributed by atoms with Gasteiger partial charge in [-0.1, -0.05) is 17.3 Å². The Morgan fingerprint density at radius 1 is 1.24 bits per heavy atom. The molecule has 0 amide bonds. The maximum absolute atomic E-state index is 5.50. The van der Waals surface area contributed by atoms with Gasteiger partial charge in [0.1, 0.15) is 5.75 Å². The standard InChI is InChI=1S/C19H20N4O2/c1-24-17-6-4-14(5-7-17)12-23-10-8-16(13-23)19-21-18(22-25-19)15-3-2-9-20-11-15/h2-7,9,11,16H,8,10,12-13H2,1H3/t16-/m0/s1. The van der Waals surface area contributed by atoms with Crippen molar-refractivity contribution in [2.45, 2.75) is 18.9 Å². The van der Waals surface area contributed by atoms with E-state index in [4.69, 9.17) is 9.26 Å². The second-order valence-electron chi connectivity index (χ2n) is 6.27. The second kappa shape index (κ2) is 7.03. The van der Waals surface area contributed by atoms with Crippen LogP contribution in [0.4, 0.5) is 0 Å². The smallest absolute Gasteiger partial charge is 0.231 e. The highest BCUT2D eigenvalue weighted by Gasteiger charge is 2.28. The van der Waals surface area contributed by atoms with E-state index in [1.807, 2.05) is 24.3 Å². The summed E-state index contributed by atoms with van der Waals surface area (Å²) in [5.74, 6) is 2.50. The third kappa shape index (κ3) is 3.53. The highest BCUT2D eigenvalue weighted by molar-refractivity contribution is 5.51. The topological polar surface area (TPSA) is 64.3 Å². The van der Waals surface area contributed by atoms with Gasteiger partial charge < -0.3 is 9.26 Å². The summed E-state index contributed by atoms with van der Waals surface area (Å²) in [4.78, 5) is 11.1. The first-order valence-electron chi connectivity index (χ1n) is 8.41. The van der Waals surface area contributed by atoms with Gasteiger partial charge in [0.25, 0.3) is 0 Å². The number of methoxy groups -OCH3 is 1. The third-order valence-corrected chi connectivity index (χ3v) is 4.55. The molecule has 128 valence electrons. The first-order chi connectivity index (χ1) is 12.3. The monoisotopic (exact) mass is 336 g/mol. The molecule has 0 saturated carbocycles. The maximum atomic E-state index is 5.50. The Bertz CT molecular complexity index is 817. The molecule has 0 bridgehead atoms. The molecule has 25 heavy (non-hydrogen) atoms. The minimum atomic E-state index is 0.288. The molecule has 1 aliphatic rings. The fourth-order valence-electron chi connectivity index (χ4n) is 3.18. The van der Waals surface area contributed by atoms with Crippen molar-refractivity contribution < 1.29 is 9.26 Å². The van der Waals surface area contributed by atoms with E-state index in [2.05, 4.69) is 32.2 Å². The van der Waals surface area contributed by atoms with Crippen LogP contribution in [-0.2, 0) is 6.54 Å². The van der Waals surface area contributed by atoms with E-state index >= 15 is 0 Å². The van der Waals surface area contributed by atoms with Crippen LogP contribution >= 0.6 is 0 Å². The Balaban J connectivity index is 1.39. The minimum absolute atomic E-state index is 0.288. The van der Waals surface area contributed by atoms with Crippen molar-refractivity contribution in [2.24, 2.45) is 0 Å². The Kier molecular flexibility index (Phi) is 4.43. The molecule has 1 fully saturated rings. The molecule has 1 atom stereocenters. The summed E-state index contributed by atoms with van der Waals surface area (Å²) in [5, 5.41) is 4.10. The summed E-state index contributed by atoms with van der Waals surface area (Å²) in [7, 11) is 1.68. The molecular weight excluding hydrogens is 316 g/mol. The lowest BCUT2D eigenvalue weighted by Crippen LogP contribution is -2.19. The molecule has 4 rings (SSSR count). The van der Waals surface area contributed by atoms with Crippen LogP contribution < -0.4 is 4.74 Å². The average molecular weight is 336 g/mol. The summed E-state index contributed by atoms with van der Waals surface area (Å²) in [5.41, 5.74) is 2.16. The predicted octanol–water partition coefficient (Wildman–Crippen LogP) is 3.13. The van der Waals surface area contributed by atoms with Crippen LogP contribution in [0.15, 0.2) is 53.3 Å². The molecule has 3 heterocycles. The second-order valence-corrected chi connectivity index (χ2v) is 6.27. The SMILES string of the molecule is COc1ccc(CN2CC[C@H](c3nc(-c4cccnc4)no3)C2)cc1. The number of nitrogens with zero attached hydrogens (tertiary/aromatic N) is 4. The highest BCUT2D eigenvalue weighted by Crippen LogP contribution is 2.28. The number of hydrogen-bond acceptors (Lipinski definition) is 6. The lowest BCUT2D eigenvalue weighted by molar-refractivity contribution is 0.309. The maximum Gasteiger partial charge on any atom is 0.231 e. The zero-order valence-corrected chi connectivity index (χ0v) is 14.1. The summed E-state index contributed by atoms with van der Waals surface area (Å²) in [6.45, 7) is 2.88. The third-order valence-electron chi connectivity index (χ3n) is 4.55. The molecule has 1 aromatic carbocycles. The molecule has 6 nitrogen and oxygen atoms in total. The van der Waals surface area contributed by atoms with Crippen molar-refractivity contribution in [1.29, 1.82) is 0 Å². The fraction of sp³-hybridized carbons (Fsp3) is 0.316. The van der Waals surface area contributed by atoms with Crippen molar-refractivity contribution in [3.8, 4) is 17.1 Å². The van der Waals surface area contributed by atoms with Crippen LogP contribution in [0.3, 0.4) is 0 Å². The Morgan fingerprint density at radius 3 is 2.88 bits per heavy atom. The first-order valence-corrected chi connectivity index (χ1v) is 8.41. The molecule has 6 heteroatoms. The van der Waals surface area contributed by atoms with Crippen LogP contribution in [0, 0.1) is 0 Å². The van der Waals surface area contributed by atoms with E-state index < -0.39 is 0 Å². The van der Waals surface area contributed by atoms with Crippen molar-refractivity contribution in [2.75, 3.05) is 20.2 Å². The van der Waals surface area contributed by atoms with E-state index in [9.17, 15) is 0 Å². The highest BCUT2D eigenvalue weighted by atomic mass is 16.5. The van der Waals surface area contributed by atoms with Gasteiger partial charge in [-0.3, -0.25) is 9.88 Å². The van der Waals surface area contributed by atoms with E-state index in [0.717, 1.165) is 43.3 Å². The summed E-state index contributed by atoms with van der Waals surface area (Å²) in [6.07, 6.45) is 4.52. The number of pyridine rings is 1. The lowest BCUT2D eigenvalue weighted by atomic mass is 10.1. The van der Waals surface area contributed by atoms with Crippen LogP contribution in [0.25, 0.3) is 11.4 Å². The summed E-state index contributed by atoms with van der Waals surface area (Å²) < 4.78 is 10.7. The molecule has 1 saturated heterocycles. The van der Waals surface area contributed by atoms with Gasteiger partial charge in [-0.05, 0) is 42.8 Å². The lowest BCUT2D eigenvalue weighted by Gasteiger charge is -2.15. The van der Waals surface area contributed by atoms with Gasteiger partial charge in [-0.15, -0.1) is 0 Å². The Labute approximate surface area is 146 Å². The number of benzene rings is 1. The minimum Gasteiger partial charge on any atom is -0.497 e. The molecule has 0 radical (unpaired) electrons. The zero-order valence-electron chi connectivity index (χ0n) is 14.1. The average Bonchev–Trinajstić information content (AvgIpc) is 3.32. The van der Waals surface area contributed by atoms with Gasteiger partial charge in [0, 0.05) is 31.0 Å². The summed E-state index contributed by atoms with van der Waals surface area (Å²) >= 11 is 0. The van der Waals surface area contributed by atoms with E-state index in [0.29, 0.717) is 5.82 Å². The largest absolute Gasteiger partial charge is 0.497 e. The molecule has 0 N–H and O–H groups in total. The number of hydrogen-bond donors (Lipinski definition) is 0.